The van der Waals surface area contributed by atoms with Crippen LogP contribution < -0.4 is 0 Å². The summed E-state index contributed by atoms with van der Waals surface area (Å²) in [4.78, 5) is 28.0. The van der Waals surface area contributed by atoms with Gasteiger partial charge in [0.05, 0.1) is 10.9 Å². The fraction of sp³-hybridized carbons (Fsp3) is 0.688. The lowest BCUT2D eigenvalue weighted by atomic mass is 9.92. The number of hydrogen-bond acceptors (Lipinski definition) is 5. The first kappa shape index (κ1) is 16.0. The van der Waals surface area contributed by atoms with Gasteiger partial charge in [-0.25, -0.2) is 0 Å². The van der Waals surface area contributed by atoms with Gasteiger partial charge in [-0.05, 0) is 25.3 Å². The minimum Gasteiger partial charge on any atom is -0.367 e. The van der Waals surface area contributed by atoms with Crippen LogP contribution in [0.3, 0.4) is 0 Å². The molecule has 7 nitrogen and oxygen atoms in total. The number of hydrogen-bond donors (Lipinski definition) is 1. The number of carbonyl (C=O) groups is 2. The van der Waals surface area contributed by atoms with E-state index >= 15 is 0 Å². The number of carbonyl (C=O) groups excluding carboxylic acids is 2. The van der Waals surface area contributed by atoms with Crippen LogP contribution in [0.25, 0.3) is 0 Å². The predicted molar refractivity (Wildman–Crippen MR) is 89.9 cm³/mol. The lowest BCUT2D eigenvalue weighted by Crippen LogP contribution is -2.60. The largest absolute Gasteiger partial charge is 0.367 e. The summed E-state index contributed by atoms with van der Waals surface area (Å²) in [5.74, 6) is 1.02. The van der Waals surface area contributed by atoms with E-state index in [-0.39, 0.29) is 29.3 Å². The number of likely N-dealkylation sites (tertiary alicyclic amines) is 2. The molecule has 3 aliphatic rings. The monoisotopic (exact) mass is 350 g/mol. The molecule has 0 aliphatic carbocycles. The van der Waals surface area contributed by atoms with E-state index < -0.39 is 0 Å². The van der Waals surface area contributed by atoms with Crippen LogP contribution in [0.5, 0.6) is 0 Å². The van der Waals surface area contributed by atoms with Crippen molar-refractivity contribution in [3.05, 3.63) is 18.0 Å². The molecular weight excluding hydrogens is 328 g/mol. The van der Waals surface area contributed by atoms with Crippen LogP contribution in [0.15, 0.2) is 12.3 Å². The molecule has 3 saturated heterocycles. The molecule has 4 heterocycles. The first-order valence-electron chi connectivity index (χ1n) is 8.47. The van der Waals surface area contributed by atoms with Gasteiger partial charge in [0.2, 0.25) is 5.91 Å². The SMILES string of the molecule is O=C(COC1CSC2(C1)CN(C(=O)c1ccn[nH]1)C2)N1CCCC1. The molecule has 3 aliphatic heterocycles. The molecule has 1 aromatic heterocycles. The zero-order valence-corrected chi connectivity index (χ0v) is 14.4. The molecule has 1 atom stereocenters. The minimum atomic E-state index is 0.00676. The quantitative estimate of drug-likeness (QED) is 0.867. The molecule has 0 radical (unpaired) electrons. The molecule has 0 saturated carbocycles. The van der Waals surface area contributed by atoms with E-state index in [9.17, 15) is 9.59 Å². The number of H-pyrrole nitrogens is 1. The summed E-state index contributed by atoms with van der Waals surface area (Å²) in [5.41, 5.74) is 0.539. The Morgan fingerprint density at radius 1 is 1.33 bits per heavy atom. The van der Waals surface area contributed by atoms with Gasteiger partial charge in [-0.1, -0.05) is 0 Å². The number of thioether (sulfide) groups is 1. The highest BCUT2D eigenvalue weighted by atomic mass is 32.2. The average molecular weight is 350 g/mol. The Bertz CT molecular complexity index is 609. The number of aromatic amines is 1. The first-order chi connectivity index (χ1) is 11.7. The Balaban J connectivity index is 1.23. The fourth-order valence-electron chi connectivity index (χ4n) is 3.72. The fourth-order valence-corrected chi connectivity index (χ4v) is 5.27. The predicted octanol–water partition coefficient (Wildman–Crippen LogP) is 0.749. The summed E-state index contributed by atoms with van der Waals surface area (Å²) in [5, 5.41) is 6.54. The third-order valence-corrected chi connectivity index (χ3v) is 6.63. The van der Waals surface area contributed by atoms with E-state index in [4.69, 9.17) is 4.74 Å². The van der Waals surface area contributed by atoms with Gasteiger partial charge in [-0.2, -0.15) is 5.10 Å². The van der Waals surface area contributed by atoms with Gasteiger partial charge in [0, 0.05) is 38.1 Å². The maximum Gasteiger partial charge on any atom is 0.271 e. The Kier molecular flexibility index (Phi) is 4.26. The summed E-state index contributed by atoms with van der Waals surface area (Å²) in [7, 11) is 0. The molecule has 8 heteroatoms. The molecule has 1 aromatic rings. The maximum atomic E-state index is 12.2. The van der Waals surface area contributed by atoms with Gasteiger partial charge in [-0.3, -0.25) is 14.7 Å². The molecule has 24 heavy (non-hydrogen) atoms. The molecular formula is C16H22N4O3S. The van der Waals surface area contributed by atoms with Gasteiger partial charge < -0.3 is 14.5 Å². The topological polar surface area (TPSA) is 78.5 Å². The molecule has 1 spiro atoms. The number of nitrogens with zero attached hydrogens (tertiary/aromatic N) is 3. The van der Waals surface area contributed by atoms with Gasteiger partial charge in [0.25, 0.3) is 5.91 Å². The smallest absolute Gasteiger partial charge is 0.271 e. The summed E-state index contributed by atoms with van der Waals surface area (Å²) < 4.78 is 5.95. The van der Waals surface area contributed by atoms with E-state index in [0.29, 0.717) is 5.69 Å². The highest BCUT2D eigenvalue weighted by Gasteiger charge is 2.51. The molecule has 0 aromatic carbocycles. The van der Waals surface area contributed by atoms with Crippen LogP contribution >= 0.6 is 11.8 Å². The van der Waals surface area contributed by atoms with E-state index in [2.05, 4.69) is 10.2 Å². The highest BCUT2D eigenvalue weighted by Crippen LogP contribution is 2.46. The van der Waals surface area contributed by atoms with Crippen molar-refractivity contribution in [3.8, 4) is 0 Å². The number of ether oxygens (including phenoxy) is 1. The lowest BCUT2D eigenvalue weighted by Gasteiger charge is -2.47. The second-order valence-electron chi connectivity index (χ2n) is 6.85. The molecule has 130 valence electrons. The Morgan fingerprint density at radius 2 is 2.12 bits per heavy atom. The van der Waals surface area contributed by atoms with Crippen molar-refractivity contribution in [2.45, 2.75) is 30.1 Å². The summed E-state index contributed by atoms with van der Waals surface area (Å²) >= 11 is 1.87. The molecule has 1 unspecified atom stereocenters. The lowest BCUT2D eigenvalue weighted by molar-refractivity contribution is -0.136. The standard InChI is InChI=1S/C16H22N4O3S/c21-14(19-5-1-2-6-19)8-23-12-7-16(24-9-12)10-20(11-16)15(22)13-3-4-17-18-13/h3-4,12H,1-2,5-11H2,(H,17,18). The van der Waals surface area contributed by atoms with Crippen LogP contribution in [-0.2, 0) is 9.53 Å². The number of rotatable bonds is 4. The first-order valence-corrected chi connectivity index (χ1v) is 9.46. The molecule has 4 rings (SSSR count). The normalized spacial score (nSPS) is 25.2. The second kappa shape index (κ2) is 6.40. The van der Waals surface area contributed by atoms with Crippen molar-refractivity contribution >= 4 is 23.6 Å². The van der Waals surface area contributed by atoms with E-state index in [1.165, 1.54) is 0 Å². The van der Waals surface area contributed by atoms with Crippen molar-refractivity contribution in [2.24, 2.45) is 0 Å². The Hall–Kier alpha value is -1.54. The minimum absolute atomic E-state index is 0.00676. The summed E-state index contributed by atoms with van der Waals surface area (Å²) in [6.45, 7) is 3.43. The summed E-state index contributed by atoms with van der Waals surface area (Å²) in [6, 6.07) is 1.70. The van der Waals surface area contributed by atoms with Gasteiger partial charge in [0.15, 0.2) is 0 Å². The Morgan fingerprint density at radius 3 is 2.83 bits per heavy atom. The van der Waals surface area contributed by atoms with Crippen LogP contribution in [0.1, 0.15) is 29.8 Å². The second-order valence-corrected chi connectivity index (χ2v) is 8.34. The van der Waals surface area contributed by atoms with E-state index in [0.717, 1.165) is 51.2 Å². The van der Waals surface area contributed by atoms with Gasteiger partial charge >= 0.3 is 0 Å². The highest BCUT2D eigenvalue weighted by molar-refractivity contribution is 8.01. The number of aromatic nitrogens is 2. The van der Waals surface area contributed by atoms with Crippen molar-refractivity contribution < 1.29 is 14.3 Å². The van der Waals surface area contributed by atoms with Crippen molar-refractivity contribution in [2.75, 3.05) is 38.5 Å². The van der Waals surface area contributed by atoms with Gasteiger partial charge in [0.1, 0.15) is 12.3 Å². The summed E-state index contributed by atoms with van der Waals surface area (Å²) in [6.07, 6.45) is 4.83. The molecule has 2 amide bonds. The zero-order valence-electron chi connectivity index (χ0n) is 13.6. The maximum absolute atomic E-state index is 12.2. The van der Waals surface area contributed by atoms with Crippen LogP contribution in [0.4, 0.5) is 0 Å². The van der Waals surface area contributed by atoms with Crippen molar-refractivity contribution in [1.29, 1.82) is 0 Å². The van der Waals surface area contributed by atoms with Crippen LogP contribution in [-0.4, -0.2) is 81.2 Å². The van der Waals surface area contributed by atoms with Crippen LogP contribution in [0.2, 0.25) is 0 Å². The number of amides is 2. The average Bonchev–Trinajstić information content (AvgIpc) is 3.31. The zero-order chi connectivity index (χ0) is 16.6. The third-order valence-electron chi connectivity index (χ3n) is 5.05. The van der Waals surface area contributed by atoms with Crippen molar-refractivity contribution in [3.63, 3.8) is 0 Å². The molecule has 0 bridgehead atoms. The Labute approximate surface area is 145 Å². The number of nitrogens with one attached hydrogen (secondary N) is 1. The van der Waals surface area contributed by atoms with E-state index in [1.54, 1.807) is 12.3 Å². The molecule has 1 N–H and O–H groups in total. The van der Waals surface area contributed by atoms with Crippen molar-refractivity contribution in [1.82, 2.24) is 20.0 Å². The molecule has 3 fully saturated rings. The van der Waals surface area contributed by atoms with Crippen LogP contribution in [0, 0.1) is 0 Å². The van der Waals surface area contributed by atoms with E-state index in [1.807, 2.05) is 21.6 Å². The third kappa shape index (κ3) is 3.04. The van der Waals surface area contributed by atoms with Gasteiger partial charge in [-0.15, -0.1) is 11.8 Å².